The molecule has 340 valence electrons. The molecule has 0 radical (unpaired) electrons. The molecule has 4 aliphatic rings. The van der Waals surface area contributed by atoms with E-state index in [2.05, 4.69) is 40.4 Å². The molecule has 4 amide bonds. The van der Waals surface area contributed by atoms with E-state index in [1.807, 2.05) is 63.2 Å². The second-order valence-electron chi connectivity index (χ2n) is 15.5. The summed E-state index contributed by atoms with van der Waals surface area (Å²) in [6, 6.07) is 15.4. The van der Waals surface area contributed by atoms with Crippen LogP contribution in [-0.2, 0) is 9.59 Å². The van der Waals surface area contributed by atoms with Crippen LogP contribution in [0, 0.1) is 23.2 Å². The van der Waals surface area contributed by atoms with Crippen LogP contribution in [0.25, 0.3) is 0 Å². The Balaban J connectivity index is 0.000000228. The molecule has 4 saturated heterocycles. The van der Waals surface area contributed by atoms with E-state index < -0.39 is 11.8 Å². The van der Waals surface area contributed by atoms with Crippen LogP contribution in [0.5, 0.6) is 0 Å². The Morgan fingerprint density at radius 1 is 0.585 bits per heavy atom. The molecule has 0 atom stereocenters. The largest absolute Gasteiger partial charge is 1.00 e. The van der Waals surface area contributed by atoms with Crippen molar-refractivity contribution in [2.75, 3.05) is 122 Å². The van der Waals surface area contributed by atoms with Gasteiger partial charge in [0.15, 0.2) is 23.3 Å². The van der Waals surface area contributed by atoms with E-state index in [1.54, 1.807) is 18.7 Å². The van der Waals surface area contributed by atoms with Crippen molar-refractivity contribution in [3.8, 4) is 6.26 Å². The summed E-state index contributed by atoms with van der Waals surface area (Å²) in [6.45, 7) is 12.8. The number of primary amides is 1. The molecule has 0 spiro atoms. The van der Waals surface area contributed by atoms with Gasteiger partial charge in [0, 0.05) is 134 Å². The van der Waals surface area contributed by atoms with Crippen LogP contribution in [0.1, 0.15) is 33.1 Å². The van der Waals surface area contributed by atoms with Crippen LogP contribution in [0.15, 0.2) is 60.9 Å². The maximum Gasteiger partial charge on any atom is 1.00 e. The van der Waals surface area contributed by atoms with Gasteiger partial charge >= 0.3 is 57.4 Å². The number of nitrogens with zero attached hydrogens (tertiary/aromatic N) is 12. The number of amides is 4. The van der Waals surface area contributed by atoms with Crippen molar-refractivity contribution in [2.24, 2.45) is 5.73 Å². The average molecular weight is 922 g/mol. The number of hydrogen-bond acceptors (Lipinski definition) is 15. The average Bonchev–Trinajstić information content (AvgIpc) is 3.31. The molecule has 0 unspecified atom stereocenters. The van der Waals surface area contributed by atoms with Gasteiger partial charge in [-0.2, -0.15) is 9.97 Å². The number of nitriles is 1. The zero-order valence-electron chi connectivity index (χ0n) is 37.1. The first-order chi connectivity index (χ1) is 30.9. The van der Waals surface area contributed by atoms with Gasteiger partial charge in [-0.1, -0.05) is 0 Å². The third-order valence-electron chi connectivity index (χ3n) is 11.4. The Morgan fingerprint density at radius 3 is 1.28 bits per heavy atom. The summed E-state index contributed by atoms with van der Waals surface area (Å²) in [6.07, 6.45) is 6.20. The van der Waals surface area contributed by atoms with Crippen LogP contribution >= 0.6 is 0 Å². The molecule has 4 aliphatic heterocycles. The molecule has 22 heteroatoms. The van der Waals surface area contributed by atoms with E-state index in [0.717, 1.165) is 107 Å². The molecule has 4 fully saturated rings. The van der Waals surface area contributed by atoms with Gasteiger partial charge in [0.2, 0.25) is 23.7 Å². The van der Waals surface area contributed by atoms with Crippen molar-refractivity contribution in [3.05, 3.63) is 72.6 Å². The molecule has 0 saturated carbocycles. The number of nitrogens with two attached hydrogens (primary N) is 1. The molecule has 65 heavy (non-hydrogen) atoms. The molecular formula is C43H54F2KN15O4. The molecular weight excluding hydrogens is 868 g/mol. The Hall–Kier alpha value is -5.60. The molecule has 8 rings (SSSR count). The van der Waals surface area contributed by atoms with Gasteiger partial charge in [0.1, 0.15) is 0 Å². The summed E-state index contributed by atoms with van der Waals surface area (Å²) in [5.41, 5.74) is 9.14. The summed E-state index contributed by atoms with van der Waals surface area (Å²) >= 11 is 0. The van der Waals surface area contributed by atoms with Gasteiger partial charge in [-0.05, 0) is 67.8 Å². The Morgan fingerprint density at radius 2 is 0.923 bits per heavy atom. The van der Waals surface area contributed by atoms with Crippen LogP contribution in [0.4, 0.5) is 59.9 Å². The number of piperazine rings is 3. The second-order valence-corrected chi connectivity index (χ2v) is 15.5. The molecule has 2 aromatic carbocycles. The van der Waals surface area contributed by atoms with E-state index in [9.17, 15) is 23.2 Å². The Kier molecular flexibility index (Phi) is 19.1. The number of halogens is 2. The number of hydrogen-bond donors (Lipinski definition) is 3. The minimum absolute atomic E-state index is 0. The number of nitrogens with one attached hydrogen (secondary N) is 2. The smallest absolute Gasteiger partial charge is 0.812 e. The minimum Gasteiger partial charge on any atom is -0.812 e. The first-order valence-corrected chi connectivity index (χ1v) is 21.3. The summed E-state index contributed by atoms with van der Waals surface area (Å²) in [7, 11) is 0. The van der Waals surface area contributed by atoms with Crippen LogP contribution < -0.4 is 92.5 Å². The van der Waals surface area contributed by atoms with Crippen LogP contribution in [0.3, 0.4) is 0 Å². The molecule has 2 aromatic heterocycles. The number of benzene rings is 2. The van der Waals surface area contributed by atoms with Crippen molar-refractivity contribution in [1.82, 2.24) is 34.6 Å². The molecule has 19 nitrogen and oxygen atoms in total. The zero-order valence-corrected chi connectivity index (χ0v) is 40.3. The molecule has 0 aliphatic carbocycles. The first-order valence-electron chi connectivity index (χ1n) is 21.3. The number of aromatic nitrogens is 4. The van der Waals surface area contributed by atoms with E-state index in [4.69, 9.17) is 16.1 Å². The third kappa shape index (κ3) is 14.2. The van der Waals surface area contributed by atoms with Crippen molar-refractivity contribution in [2.45, 2.75) is 33.1 Å². The predicted octanol–water partition coefficient (Wildman–Crippen LogP) is 0.0784. The number of rotatable bonds is 8. The number of anilines is 8. The van der Waals surface area contributed by atoms with Gasteiger partial charge in [0.05, 0.1) is 12.4 Å². The summed E-state index contributed by atoms with van der Waals surface area (Å²) in [5.74, 6) is 0.621. The van der Waals surface area contributed by atoms with Gasteiger partial charge < -0.3 is 55.8 Å². The van der Waals surface area contributed by atoms with Gasteiger partial charge in [-0.3, -0.25) is 9.59 Å². The van der Waals surface area contributed by atoms with Crippen molar-refractivity contribution in [3.63, 3.8) is 0 Å². The fourth-order valence-electron chi connectivity index (χ4n) is 7.85. The standard InChI is InChI=1S/C21H27FN8O2.C21H27FN6O.CHNO.K/c1-15(31)27-6-8-28(9-7-27)17-4-2-16(3-5-17)25-21-24-14-18(22)19(26-21)29-10-12-30(13-11-29)20(23)32;1-16(29)26-11-13-27(14-12-26)18-7-5-17(6-8-18)24-21-23-15-19(22)20(25-21)28-9-3-2-4-10-28;2-1-3;/h2-5,14H,6-13H2,1H3,(H2,23,32)(H,24,25,26);5-8,15H,2-4,9-14H2,1H3,(H,23,24,25);3H;/q;;;+1/p-1. The van der Waals surface area contributed by atoms with Gasteiger partial charge in [-0.15, -0.1) is 0 Å². The Bertz CT molecular complexity index is 2230. The monoisotopic (exact) mass is 921 g/mol. The minimum atomic E-state index is -0.511. The Labute approximate surface area is 420 Å². The number of carbonyl (C=O) groups is 3. The SMILES string of the molecule is CC(=O)N1CCN(c2ccc(Nc3ncc(F)c(N4CCCCC4)n3)cc2)CC1.CC(=O)N1CCN(c2ccc(Nc3ncc(F)c(N4CCN(C(N)=O)CC4)n3)cc2)CC1.N#C[O-].[K+]. The fraction of sp³-hybridized carbons (Fsp3) is 0.442. The van der Waals surface area contributed by atoms with Crippen molar-refractivity contribution in [1.29, 1.82) is 5.26 Å². The van der Waals surface area contributed by atoms with E-state index in [1.165, 1.54) is 17.5 Å². The number of urea groups is 1. The first kappa shape index (κ1) is 50.4. The summed E-state index contributed by atoms with van der Waals surface area (Å²) in [4.78, 5) is 64.7. The maximum absolute atomic E-state index is 14.4. The van der Waals surface area contributed by atoms with Crippen molar-refractivity contribution < 1.29 is 79.7 Å². The normalized spacial score (nSPS) is 16.1. The second kappa shape index (κ2) is 24.6. The van der Waals surface area contributed by atoms with Gasteiger partial charge in [-0.25, -0.2) is 28.8 Å². The quantitative estimate of drug-likeness (QED) is 0.157. The molecule has 4 N–H and O–H groups in total. The molecule has 4 aromatic rings. The van der Waals surface area contributed by atoms with Crippen LogP contribution in [0.2, 0.25) is 0 Å². The van der Waals surface area contributed by atoms with E-state index >= 15 is 0 Å². The number of piperidine rings is 1. The predicted molar refractivity (Wildman–Crippen MR) is 237 cm³/mol. The summed E-state index contributed by atoms with van der Waals surface area (Å²) in [5, 5.41) is 21.3. The molecule has 6 heterocycles. The van der Waals surface area contributed by atoms with Crippen molar-refractivity contribution >= 4 is 64.1 Å². The number of carbonyl (C=O) groups excluding carboxylic acids is 3. The van der Waals surface area contributed by atoms with Crippen LogP contribution in [-0.4, -0.2) is 144 Å². The van der Waals surface area contributed by atoms with E-state index in [0.29, 0.717) is 50.1 Å². The fourth-order valence-corrected chi connectivity index (χ4v) is 7.85. The van der Waals surface area contributed by atoms with Gasteiger partial charge in [0.25, 0.3) is 0 Å². The zero-order chi connectivity index (χ0) is 45.6. The summed E-state index contributed by atoms with van der Waals surface area (Å²) < 4.78 is 28.6. The maximum atomic E-state index is 14.4. The third-order valence-corrected chi connectivity index (χ3v) is 11.4. The van der Waals surface area contributed by atoms with E-state index in [-0.39, 0.29) is 74.8 Å². The molecule has 0 bridgehead atoms. The topological polar surface area (TPSA) is 222 Å².